The summed E-state index contributed by atoms with van der Waals surface area (Å²) in [5.41, 5.74) is 5.05. The summed E-state index contributed by atoms with van der Waals surface area (Å²) in [6, 6.07) is 11.5. The van der Waals surface area contributed by atoms with Gasteiger partial charge in [-0.25, -0.2) is 5.84 Å². The largest absolute Gasteiger partial charge is 0.347 e. The highest BCUT2D eigenvalue weighted by atomic mass is 16.2. The second kappa shape index (κ2) is 4.84. The number of nitrogens with one attached hydrogen (secondary N) is 1. The molecule has 1 aromatic heterocycles. The van der Waals surface area contributed by atoms with Gasteiger partial charge in [0.25, 0.3) is 5.91 Å². The lowest BCUT2D eigenvalue weighted by molar-refractivity contribution is 0.0953. The van der Waals surface area contributed by atoms with Crippen LogP contribution in [0.3, 0.4) is 0 Å². The van der Waals surface area contributed by atoms with Gasteiger partial charge in [0.2, 0.25) is 0 Å². The SMILES string of the molecule is Cc1cccn1Cc1ccc(C(=O)NN)cc1. The number of nitrogens with zero attached hydrogens (tertiary/aromatic N) is 1. The Morgan fingerprint density at radius 1 is 1.29 bits per heavy atom. The highest BCUT2D eigenvalue weighted by Crippen LogP contribution is 2.08. The molecule has 0 unspecified atom stereocenters. The van der Waals surface area contributed by atoms with E-state index >= 15 is 0 Å². The molecule has 0 aliphatic carbocycles. The molecule has 0 radical (unpaired) electrons. The first-order valence-electron chi connectivity index (χ1n) is 5.42. The van der Waals surface area contributed by atoms with E-state index in [0.29, 0.717) is 5.56 Å². The Morgan fingerprint density at radius 2 is 2.00 bits per heavy atom. The molecule has 0 aliphatic heterocycles. The van der Waals surface area contributed by atoms with Gasteiger partial charge in [0, 0.05) is 24.0 Å². The average Bonchev–Trinajstić information content (AvgIpc) is 2.75. The van der Waals surface area contributed by atoms with E-state index in [0.717, 1.165) is 12.1 Å². The van der Waals surface area contributed by atoms with Crippen molar-refractivity contribution in [3.05, 3.63) is 59.4 Å². The van der Waals surface area contributed by atoms with Crippen molar-refractivity contribution >= 4 is 5.91 Å². The van der Waals surface area contributed by atoms with E-state index < -0.39 is 0 Å². The molecule has 1 heterocycles. The summed E-state index contributed by atoms with van der Waals surface area (Å²) in [7, 11) is 0. The predicted molar refractivity (Wildman–Crippen MR) is 66.4 cm³/mol. The van der Waals surface area contributed by atoms with Crippen LogP contribution < -0.4 is 11.3 Å². The second-order valence-electron chi connectivity index (χ2n) is 3.95. The molecule has 0 spiro atoms. The number of hydrogen-bond donors (Lipinski definition) is 2. The molecule has 1 aromatic carbocycles. The van der Waals surface area contributed by atoms with E-state index in [9.17, 15) is 4.79 Å². The summed E-state index contributed by atoms with van der Waals surface area (Å²) in [4.78, 5) is 11.3. The zero-order valence-electron chi connectivity index (χ0n) is 9.68. The van der Waals surface area contributed by atoms with E-state index in [2.05, 4.69) is 23.0 Å². The van der Waals surface area contributed by atoms with E-state index in [4.69, 9.17) is 5.84 Å². The number of carbonyl (C=O) groups is 1. The third kappa shape index (κ3) is 2.54. The van der Waals surface area contributed by atoms with E-state index in [1.54, 1.807) is 12.1 Å². The topological polar surface area (TPSA) is 60.0 Å². The number of amides is 1. The van der Waals surface area contributed by atoms with E-state index in [1.807, 2.05) is 24.4 Å². The van der Waals surface area contributed by atoms with Gasteiger partial charge in [-0.1, -0.05) is 12.1 Å². The molecule has 17 heavy (non-hydrogen) atoms. The van der Waals surface area contributed by atoms with Crippen molar-refractivity contribution in [3.8, 4) is 0 Å². The summed E-state index contributed by atoms with van der Waals surface area (Å²) < 4.78 is 2.15. The van der Waals surface area contributed by atoms with Crippen LogP contribution in [0.25, 0.3) is 0 Å². The van der Waals surface area contributed by atoms with Crippen molar-refractivity contribution in [2.45, 2.75) is 13.5 Å². The van der Waals surface area contributed by atoms with Gasteiger partial charge in [-0.2, -0.15) is 0 Å². The maximum absolute atomic E-state index is 11.3. The molecular formula is C13H15N3O. The second-order valence-corrected chi connectivity index (χ2v) is 3.95. The van der Waals surface area contributed by atoms with Gasteiger partial charge in [-0.15, -0.1) is 0 Å². The van der Waals surface area contributed by atoms with Crippen molar-refractivity contribution in [1.29, 1.82) is 0 Å². The first-order chi connectivity index (χ1) is 8.20. The molecule has 4 nitrogen and oxygen atoms in total. The molecule has 0 aliphatic rings. The molecule has 0 saturated carbocycles. The van der Waals surface area contributed by atoms with Crippen molar-refractivity contribution in [2.75, 3.05) is 0 Å². The predicted octanol–water partition coefficient (Wildman–Crippen LogP) is 1.45. The number of hydrazine groups is 1. The standard InChI is InChI=1S/C13H15N3O/c1-10-3-2-8-16(10)9-11-4-6-12(7-5-11)13(17)15-14/h2-8H,9,14H2,1H3,(H,15,17). The van der Waals surface area contributed by atoms with Crippen LogP contribution in [-0.4, -0.2) is 10.5 Å². The molecule has 1 amide bonds. The zero-order valence-corrected chi connectivity index (χ0v) is 9.68. The third-order valence-electron chi connectivity index (χ3n) is 2.76. The molecule has 4 heteroatoms. The summed E-state index contributed by atoms with van der Waals surface area (Å²) in [5, 5.41) is 0. The van der Waals surface area contributed by atoms with Gasteiger partial charge in [0.15, 0.2) is 0 Å². The van der Waals surface area contributed by atoms with Crippen molar-refractivity contribution in [2.24, 2.45) is 5.84 Å². The first kappa shape index (κ1) is 11.4. The van der Waals surface area contributed by atoms with Crippen LogP contribution in [0.2, 0.25) is 0 Å². The minimum Gasteiger partial charge on any atom is -0.347 e. The van der Waals surface area contributed by atoms with Crippen LogP contribution in [-0.2, 0) is 6.54 Å². The van der Waals surface area contributed by atoms with E-state index in [1.165, 1.54) is 5.69 Å². The fraction of sp³-hybridized carbons (Fsp3) is 0.154. The van der Waals surface area contributed by atoms with Crippen LogP contribution in [0.1, 0.15) is 21.6 Å². The molecular weight excluding hydrogens is 214 g/mol. The normalized spacial score (nSPS) is 10.2. The van der Waals surface area contributed by atoms with E-state index in [-0.39, 0.29) is 5.91 Å². The third-order valence-corrected chi connectivity index (χ3v) is 2.76. The summed E-state index contributed by atoms with van der Waals surface area (Å²) in [6.45, 7) is 2.87. The molecule has 0 bridgehead atoms. The Labute approximate surface area is 100 Å². The number of hydrogen-bond acceptors (Lipinski definition) is 2. The van der Waals surface area contributed by atoms with Gasteiger partial charge in [0.05, 0.1) is 0 Å². The Morgan fingerprint density at radius 3 is 2.53 bits per heavy atom. The minimum atomic E-state index is -0.270. The Hall–Kier alpha value is -2.07. The van der Waals surface area contributed by atoms with Gasteiger partial charge in [-0.05, 0) is 36.8 Å². The zero-order chi connectivity index (χ0) is 12.3. The number of carbonyl (C=O) groups excluding carboxylic acids is 1. The highest BCUT2D eigenvalue weighted by molar-refractivity contribution is 5.93. The number of nitrogen functional groups attached to an aromatic ring is 1. The number of benzene rings is 1. The van der Waals surface area contributed by atoms with Gasteiger partial charge in [0.1, 0.15) is 0 Å². The van der Waals surface area contributed by atoms with Crippen molar-refractivity contribution in [1.82, 2.24) is 9.99 Å². The maximum atomic E-state index is 11.3. The minimum absolute atomic E-state index is 0.270. The fourth-order valence-corrected chi connectivity index (χ4v) is 1.72. The molecule has 0 atom stereocenters. The van der Waals surface area contributed by atoms with Crippen LogP contribution in [0, 0.1) is 6.92 Å². The summed E-state index contributed by atoms with van der Waals surface area (Å²) in [6.07, 6.45) is 2.04. The molecule has 0 saturated heterocycles. The summed E-state index contributed by atoms with van der Waals surface area (Å²) >= 11 is 0. The lowest BCUT2D eigenvalue weighted by atomic mass is 10.1. The van der Waals surface area contributed by atoms with Crippen LogP contribution in [0.5, 0.6) is 0 Å². The monoisotopic (exact) mass is 229 g/mol. The van der Waals surface area contributed by atoms with Gasteiger partial charge < -0.3 is 4.57 Å². The smallest absolute Gasteiger partial charge is 0.265 e. The fourth-order valence-electron chi connectivity index (χ4n) is 1.72. The van der Waals surface area contributed by atoms with Gasteiger partial charge >= 0.3 is 0 Å². The highest BCUT2D eigenvalue weighted by Gasteiger charge is 2.03. The molecule has 3 N–H and O–H groups in total. The first-order valence-corrected chi connectivity index (χ1v) is 5.42. The number of nitrogens with two attached hydrogens (primary N) is 1. The maximum Gasteiger partial charge on any atom is 0.265 e. The Bertz CT molecular complexity index is 514. The van der Waals surface area contributed by atoms with Gasteiger partial charge in [-0.3, -0.25) is 10.2 Å². The average molecular weight is 229 g/mol. The van der Waals surface area contributed by atoms with Crippen LogP contribution in [0.4, 0.5) is 0 Å². The Balaban J connectivity index is 2.14. The van der Waals surface area contributed by atoms with Crippen LogP contribution in [0.15, 0.2) is 42.6 Å². The van der Waals surface area contributed by atoms with Crippen molar-refractivity contribution < 1.29 is 4.79 Å². The lowest BCUT2D eigenvalue weighted by Gasteiger charge is -2.07. The van der Waals surface area contributed by atoms with Crippen LogP contribution >= 0.6 is 0 Å². The molecule has 2 aromatic rings. The number of aryl methyl sites for hydroxylation is 1. The summed E-state index contributed by atoms with van der Waals surface area (Å²) in [5.74, 6) is 4.80. The molecule has 2 rings (SSSR count). The lowest BCUT2D eigenvalue weighted by Crippen LogP contribution is -2.29. The quantitative estimate of drug-likeness (QED) is 0.475. The molecule has 88 valence electrons. The van der Waals surface area contributed by atoms with Crippen molar-refractivity contribution in [3.63, 3.8) is 0 Å². The Kier molecular flexibility index (Phi) is 3.25. The molecule has 0 fully saturated rings. The number of aromatic nitrogens is 1. The number of rotatable bonds is 3.